The van der Waals surface area contributed by atoms with E-state index in [1.54, 1.807) is 12.1 Å². The number of hydrogen-bond donors (Lipinski definition) is 1. The van der Waals surface area contributed by atoms with Gasteiger partial charge in [0.05, 0.1) is 36.0 Å². The molecule has 1 N–H and O–H groups in total. The summed E-state index contributed by atoms with van der Waals surface area (Å²) in [6, 6.07) is 7.46. The molecule has 1 aliphatic carbocycles. The number of ether oxygens (including phenoxy) is 1. The highest BCUT2D eigenvalue weighted by Gasteiger charge is 2.36. The first-order valence-corrected chi connectivity index (χ1v) is 11.0. The Morgan fingerprint density at radius 3 is 2.53 bits per heavy atom. The second-order valence-corrected chi connectivity index (χ2v) is 8.70. The third kappa shape index (κ3) is 4.88. The molecule has 0 spiro atoms. The van der Waals surface area contributed by atoms with E-state index in [0.29, 0.717) is 22.2 Å². The largest absolute Gasteiger partial charge is 0.465 e. The van der Waals surface area contributed by atoms with Gasteiger partial charge in [-0.1, -0.05) is 13.8 Å². The molecule has 1 saturated carbocycles. The van der Waals surface area contributed by atoms with Crippen LogP contribution in [-0.2, 0) is 17.5 Å². The molecule has 6 nitrogen and oxygen atoms in total. The quantitative estimate of drug-likeness (QED) is 0.489. The molecule has 1 aliphatic rings. The number of halogens is 3. The van der Waals surface area contributed by atoms with Crippen molar-refractivity contribution in [3.05, 3.63) is 70.2 Å². The van der Waals surface area contributed by atoms with Crippen molar-refractivity contribution in [2.45, 2.75) is 51.2 Å². The fourth-order valence-corrected chi connectivity index (χ4v) is 3.92. The van der Waals surface area contributed by atoms with Crippen LogP contribution in [-0.4, -0.2) is 29.0 Å². The van der Waals surface area contributed by atoms with Crippen LogP contribution in [0.3, 0.4) is 0 Å². The average Bonchev–Trinajstić information content (AvgIpc) is 3.65. The highest BCUT2D eigenvalue weighted by Crippen LogP contribution is 2.45. The zero-order valence-electron chi connectivity index (χ0n) is 19.0. The Bertz CT molecular complexity index is 1270. The van der Waals surface area contributed by atoms with Gasteiger partial charge in [0.15, 0.2) is 0 Å². The van der Waals surface area contributed by atoms with Crippen LogP contribution in [0.2, 0.25) is 0 Å². The number of benzene rings is 1. The molecule has 4 rings (SSSR count). The lowest BCUT2D eigenvalue weighted by Crippen LogP contribution is -2.25. The predicted molar refractivity (Wildman–Crippen MR) is 120 cm³/mol. The summed E-state index contributed by atoms with van der Waals surface area (Å²) in [6.07, 6.45) is -1.44. The topological polar surface area (TPSA) is 81.2 Å². The summed E-state index contributed by atoms with van der Waals surface area (Å²) in [5.41, 5.74) is 0.811. The highest BCUT2D eigenvalue weighted by molar-refractivity contribution is 5.97. The van der Waals surface area contributed by atoms with E-state index < -0.39 is 23.6 Å². The predicted octanol–water partition coefficient (Wildman–Crippen LogP) is 5.37. The van der Waals surface area contributed by atoms with Crippen LogP contribution in [0.25, 0.3) is 10.9 Å². The lowest BCUT2D eigenvalue weighted by Gasteiger charge is -2.18. The number of fused-ring (bicyclic) bond motifs is 1. The van der Waals surface area contributed by atoms with Gasteiger partial charge in [-0.2, -0.15) is 13.2 Å². The number of carbonyl (C=O) groups excluding carboxylic acids is 2. The van der Waals surface area contributed by atoms with Crippen LogP contribution in [0, 0.1) is 0 Å². The van der Waals surface area contributed by atoms with Crippen molar-refractivity contribution in [3.63, 3.8) is 0 Å². The number of rotatable bonds is 6. The van der Waals surface area contributed by atoms with Gasteiger partial charge in [0.2, 0.25) is 0 Å². The molecule has 1 amide bonds. The van der Waals surface area contributed by atoms with E-state index in [-0.39, 0.29) is 35.2 Å². The molecule has 34 heavy (non-hydrogen) atoms. The molecular weight excluding hydrogens is 447 g/mol. The maximum Gasteiger partial charge on any atom is 0.418 e. The molecule has 1 fully saturated rings. The lowest BCUT2D eigenvalue weighted by atomic mass is 9.93. The molecule has 9 heteroatoms. The van der Waals surface area contributed by atoms with Gasteiger partial charge in [-0.3, -0.25) is 9.78 Å². The Kier molecular flexibility index (Phi) is 6.29. The van der Waals surface area contributed by atoms with Gasteiger partial charge in [0.1, 0.15) is 5.69 Å². The zero-order valence-corrected chi connectivity index (χ0v) is 19.0. The van der Waals surface area contributed by atoms with Gasteiger partial charge in [-0.15, -0.1) is 0 Å². The summed E-state index contributed by atoms with van der Waals surface area (Å²) in [5, 5.41) is 3.06. The monoisotopic (exact) mass is 471 g/mol. The average molecular weight is 471 g/mol. The number of nitrogens with one attached hydrogen (secondary N) is 1. The van der Waals surface area contributed by atoms with Crippen LogP contribution in [0.5, 0.6) is 0 Å². The minimum absolute atomic E-state index is 0.0346. The van der Waals surface area contributed by atoms with Crippen LogP contribution >= 0.6 is 0 Å². The van der Waals surface area contributed by atoms with E-state index in [2.05, 4.69) is 20.0 Å². The molecule has 1 aromatic carbocycles. The van der Waals surface area contributed by atoms with Crippen molar-refractivity contribution >= 4 is 22.8 Å². The van der Waals surface area contributed by atoms with Crippen molar-refractivity contribution in [2.75, 3.05) is 7.11 Å². The van der Waals surface area contributed by atoms with Crippen molar-refractivity contribution in [1.82, 2.24) is 15.3 Å². The molecule has 0 atom stereocenters. The fourth-order valence-electron chi connectivity index (χ4n) is 3.92. The second-order valence-electron chi connectivity index (χ2n) is 8.70. The molecule has 2 aromatic heterocycles. The van der Waals surface area contributed by atoms with E-state index in [1.807, 2.05) is 13.8 Å². The van der Waals surface area contributed by atoms with E-state index in [9.17, 15) is 22.8 Å². The van der Waals surface area contributed by atoms with Gasteiger partial charge in [0, 0.05) is 11.6 Å². The molecule has 0 unspecified atom stereocenters. The Morgan fingerprint density at radius 1 is 1.18 bits per heavy atom. The summed E-state index contributed by atoms with van der Waals surface area (Å²) in [7, 11) is 1.25. The number of amides is 1. The summed E-state index contributed by atoms with van der Waals surface area (Å²) in [4.78, 5) is 32.8. The smallest absolute Gasteiger partial charge is 0.418 e. The van der Waals surface area contributed by atoms with Crippen LogP contribution < -0.4 is 5.32 Å². The van der Waals surface area contributed by atoms with E-state index >= 15 is 0 Å². The number of nitrogens with zero attached hydrogens (tertiary/aromatic N) is 2. The van der Waals surface area contributed by atoms with E-state index in [4.69, 9.17) is 0 Å². The molecule has 0 saturated heterocycles. The first-order chi connectivity index (χ1) is 16.1. The van der Waals surface area contributed by atoms with Crippen LogP contribution in [0.4, 0.5) is 13.2 Å². The van der Waals surface area contributed by atoms with Crippen LogP contribution in [0.1, 0.15) is 81.8 Å². The summed E-state index contributed by atoms with van der Waals surface area (Å²) < 4.78 is 46.6. The van der Waals surface area contributed by atoms with E-state index in [1.165, 1.54) is 31.5 Å². The fraction of sp³-hybridized carbons (Fsp3) is 0.360. The molecule has 178 valence electrons. The van der Waals surface area contributed by atoms with Crippen molar-refractivity contribution in [3.8, 4) is 0 Å². The minimum atomic E-state index is -4.60. The number of esters is 1. The summed E-state index contributed by atoms with van der Waals surface area (Å²) in [6.45, 7) is 3.71. The molecule has 0 aliphatic heterocycles. The molecule has 3 aromatic rings. The maximum absolute atomic E-state index is 14.0. The molecule has 0 bridgehead atoms. The van der Waals surface area contributed by atoms with Gasteiger partial charge in [-0.05, 0) is 66.1 Å². The third-order valence-corrected chi connectivity index (χ3v) is 5.84. The van der Waals surface area contributed by atoms with Gasteiger partial charge in [0.25, 0.3) is 5.91 Å². The van der Waals surface area contributed by atoms with E-state index in [0.717, 1.165) is 12.8 Å². The number of methoxy groups -OCH3 is 1. The molecule has 2 heterocycles. The molecular formula is C25H24F3N3O3. The van der Waals surface area contributed by atoms with Gasteiger partial charge < -0.3 is 10.1 Å². The van der Waals surface area contributed by atoms with Gasteiger partial charge >= 0.3 is 12.1 Å². The first kappa shape index (κ1) is 23.7. The number of carbonyl (C=O) groups is 2. The second kappa shape index (κ2) is 9.04. The van der Waals surface area contributed by atoms with Gasteiger partial charge in [-0.25, -0.2) is 9.78 Å². The van der Waals surface area contributed by atoms with Crippen molar-refractivity contribution in [1.29, 1.82) is 0 Å². The number of hydrogen-bond acceptors (Lipinski definition) is 5. The molecule has 0 radical (unpaired) electrons. The number of pyridine rings is 2. The SMILES string of the molecule is COC(=O)c1ccnc(CNC(=O)c2cc(C(C)C)c3cc(C4CC4)cc(C(F)(F)F)c3n2)c1. The van der Waals surface area contributed by atoms with Crippen LogP contribution in [0.15, 0.2) is 36.5 Å². The lowest BCUT2D eigenvalue weighted by molar-refractivity contribution is -0.136. The Labute approximate surface area is 194 Å². The maximum atomic E-state index is 14.0. The standard InChI is InChI=1S/C25H24F3N3O3/c1-13(2)18-11-21(23(32)30-12-17-8-15(6-7-29-17)24(33)34-3)31-22-19(18)9-16(14-4-5-14)10-20(22)25(26,27)28/h6-11,13-14H,4-5,12H2,1-3H3,(H,30,32). The first-order valence-electron chi connectivity index (χ1n) is 11.0. The zero-order chi connectivity index (χ0) is 24.6. The minimum Gasteiger partial charge on any atom is -0.465 e. The normalized spacial score (nSPS) is 13.9. The number of alkyl halides is 3. The third-order valence-electron chi connectivity index (χ3n) is 5.84. The van der Waals surface area contributed by atoms with Crippen molar-refractivity contribution in [2.24, 2.45) is 0 Å². The Morgan fingerprint density at radius 2 is 1.91 bits per heavy atom. The Hall–Kier alpha value is -3.49. The Balaban J connectivity index is 1.70. The summed E-state index contributed by atoms with van der Waals surface area (Å²) in [5.74, 6) is -1.15. The summed E-state index contributed by atoms with van der Waals surface area (Å²) >= 11 is 0. The highest BCUT2D eigenvalue weighted by atomic mass is 19.4. The number of aromatic nitrogens is 2. The van der Waals surface area contributed by atoms with Crippen molar-refractivity contribution < 1.29 is 27.5 Å².